The van der Waals surface area contributed by atoms with Crippen LogP contribution in [0.3, 0.4) is 0 Å². The van der Waals surface area contributed by atoms with Gasteiger partial charge in [-0.1, -0.05) is 30.3 Å². The van der Waals surface area contributed by atoms with Crippen LogP contribution in [-0.4, -0.2) is 29.8 Å². The van der Waals surface area contributed by atoms with E-state index in [1.165, 1.54) is 5.52 Å². The molecule has 0 saturated heterocycles. The van der Waals surface area contributed by atoms with Crippen molar-refractivity contribution in [3.8, 4) is 5.75 Å². The van der Waals surface area contributed by atoms with Gasteiger partial charge < -0.3 is 14.6 Å². The normalized spacial score (nSPS) is 12.3. The monoisotopic (exact) mass is 378 g/mol. The second-order valence-electron chi connectivity index (χ2n) is 6.56. The molecule has 6 heteroatoms. The predicted molar refractivity (Wildman–Crippen MR) is 114 cm³/mol. The van der Waals surface area contributed by atoms with Crippen LogP contribution in [0.1, 0.15) is 25.1 Å². The van der Waals surface area contributed by atoms with E-state index < -0.39 is 6.04 Å². The summed E-state index contributed by atoms with van der Waals surface area (Å²) in [6.45, 7) is 6.85. The summed E-state index contributed by atoms with van der Waals surface area (Å²) in [4.78, 5) is 12.4. The number of aryl methyl sites for hydroxylation is 1. The largest absolute Gasteiger partial charge is 0.495 e. The molecule has 1 aromatic heterocycles. The molecule has 0 fully saturated rings. The van der Waals surface area contributed by atoms with Crippen LogP contribution in [0.25, 0.3) is 10.9 Å². The third kappa shape index (κ3) is 3.86. The highest BCUT2D eigenvalue weighted by Gasteiger charge is 2.14. The zero-order valence-corrected chi connectivity index (χ0v) is 16.7. The van der Waals surface area contributed by atoms with Crippen molar-refractivity contribution in [1.29, 1.82) is 0 Å². The molecule has 0 bridgehead atoms. The molecule has 0 aliphatic carbocycles. The maximum absolute atomic E-state index is 12.4. The van der Waals surface area contributed by atoms with E-state index in [0.29, 0.717) is 5.75 Å². The maximum atomic E-state index is 12.4. The SMILES string of the molecule is CCn1c(C)c(/C=N/NC(=O)[C@H](C)Nc2ccccc2OC)c2ccccc21. The van der Waals surface area contributed by atoms with Crippen molar-refractivity contribution in [3.05, 3.63) is 59.8 Å². The van der Waals surface area contributed by atoms with Crippen LogP contribution in [0.4, 0.5) is 5.69 Å². The molecule has 0 unspecified atom stereocenters. The minimum absolute atomic E-state index is 0.223. The number of hydrazone groups is 1. The fourth-order valence-electron chi connectivity index (χ4n) is 3.35. The first-order valence-electron chi connectivity index (χ1n) is 9.37. The van der Waals surface area contributed by atoms with Crippen molar-refractivity contribution >= 4 is 28.7 Å². The van der Waals surface area contributed by atoms with Gasteiger partial charge in [0.15, 0.2) is 0 Å². The summed E-state index contributed by atoms with van der Waals surface area (Å²) in [5, 5.41) is 8.47. The van der Waals surface area contributed by atoms with Crippen LogP contribution in [0.2, 0.25) is 0 Å². The third-order valence-electron chi connectivity index (χ3n) is 4.84. The fraction of sp³-hybridized carbons (Fsp3) is 0.273. The van der Waals surface area contributed by atoms with E-state index in [9.17, 15) is 4.79 Å². The van der Waals surface area contributed by atoms with Crippen LogP contribution in [0.15, 0.2) is 53.6 Å². The molecular formula is C22H26N4O2. The third-order valence-corrected chi connectivity index (χ3v) is 4.84. The Bertz CT molecular complexity index is 1010. The summed E-state index contributed by atoms with van der Waals surface area (Å²) in [6.07, 6.45) is 1.72. The van der Waals surface area contributed by atoms with Gasteiger partial charge in [-0.25, -0.2) is 5.43 Å². The molecule has 2 N–H and O–H groups in total. The van der Waals surface area contributed by atoms with Crippen molar-refractivity contribution in [2.45, 2.75) is 33.4 Å². The summed E-state index contributed by atoms with van der Waals surface area (Å²) in [7, 11) is 1.60. The smallest absolute Gasteiger partial charge is 0.262 e. The van der Waals surface area contributed by atoms with Crippen LogP contribution < -0.4 is 15.5 Å². The van der Waals surface area contributed by atoms with Gasteiger partial charge in [0.2, 0.25) is 0 Å². The van der Waals surface area contributed by atoms with E-state index in [0.717, 1.165) is 28.9 Å². The van der Waals surface area contributed by atoms with Crippen LogP contribution in [0.5, 0.6) is 5.75 Å². The van der Waals surface area contributed by atoms with Crippen LogP contribution in [-0.2, 0) is 11.3 Å². The van der Waals surface area contributed by atoms with Crippen molar-refractivity contribution in [1.82, 2.24) is 9.99 Å². The number of aromatic nitrogens is 1. The average molecular weight is 378 g/mol. The Morgan fingerprint density at radius 1 is 1.21 bits per heavy atom. The highest BCUT2D eigenvalue weighted by molar-refractivity contribution is 6.01. The number of benzene rings is 2. The highest BCUT2D eigenvalue weighted by atomic mass is 16.5. The number of nitrogens with zero attached hydrogens (tertiary/aromatic N) is 2. The van der Waals surface area contributed by atoms with Gasteiger partial charge >= 0.3 is 0 Å². The Kier molecular flexibility index (Phi) is 5.99. The highest BCUT2D eigenvalue weighted by Crippen LogP contribution is 2.25. The Hall–Kier alpha value is -3.28. The predicted octanol–water partition coefficient (Wildman–Crippen LogP) is 3.93. The van der Waals surface area contributed by atoms with E-state index >= 15 is 0 Å². The average Bonchev–Trinajstić information content (AvgIpc) is 2.99. The molecule has 0 spiro atoms. The molecule has 146 valence electrons. The Labute approximate surface area is 165 Å². The van der Waals surface area contributed by atoms with Crippen LogP contribution in [0, 0.1) is 6.92 Å². The zero-order chi connectivity index (χ0) is 20.1. The number of amides is 1. The van der Waals surface area contributed by atoms with Gasteiger partial charge in [-0.2, -0.15) is 5.10 Å². The number of carbonyl (C=O) groups is 1. The van der Waals surface area contributed by atoms with Crippen molar-refractivity contribution in [2.24, 2.45) is 5.10 Å². The lowest BCUT2D eigenvalue weighted by molar-refractivity contribution is -0.121. The number of methoxy groups -OCH3 is 1. The molecule has 0 aliphatic rings. The first-order chi connectivity index (χ1) is 13.6. The maximum Gasteiger partial charge on any atom is 0.262 e. The fourth-order valence-corrected chi connectivity index (χ4v) is 3.35. The number of nitrogens with one attached hydrogen (secondary N) is 2. The lowest BCUT2D eigenvalue weighted by Crippen LogP contribution is -2.35. The number of fused-ring (bicyclic) bond motifs is 1. The van der Waals surface area contributed by atoms with E-state index in [1.54, 1.807) is 20.2 Å². The minimum Gasteiger partial charge on any atom is -0.495 e. The number of carbonyl (C=O) groups excluding carboxylic acids is 1. The summed E-state index contributed by atoms with van der Waals surface area (Å²) in [6, 6.07) is 15.2. The van der Waals surface area contributed by atoms with Crippen molar-refractivity contribution in [2.75, 3.05) is 12.4 Å². The van der Waals surface area contributed by atoms with E-state index in [4.69, 9.17) is 4.74 Å². The molecule has 3 rings (SSSR count). The molecule has 1 atom stereocenters. The van der Waals surface area contributed by atoms with Gasteiger partial charge in [0.1, 0.15) is 11.8 Å². The number of rotatable bonds is 7. The first-order valence-corrected chi connectivity index (χ1v) is 9.37. The quantitative estimate of drug-likeness (QED) is 0.483. The second kappa shape index (κ2) is 8.61. The van der Waals surface area contributed by atoms with Gasteiger partial charge in [0.05, 0.1) is 19.0 Å². The Morgan fingerprint density at radius 2 is 1.93 bits per heavy atom. The zero-order valence-electron chi connectivity index (χ0n) is 16.7. The number of hydrogen-bond donors (Lipinski definition) is 2. The molecule has 1 heterocycles. The molecule has 28 heavy (non-hydrogen) atoms. The topological polar surface area (TPSA) is 67.7 Å². The molecule has 6 nitrogen and oxygen atoms in total. The summed E-state index contributed by atoms with van der Waals surface area (Å²) >= 11 is 0. The first kappa shape index (κ1) is 19.5. The second-order valence-corrected chi connectivity index (χ2v) is 6.56. The molecule has 3 aromatic rings. The molecular weight excluding hydrogens is 352 g/mol. The van der Waals surface area contributed by atoms with Crippen molar-refractivity contribution in [3.63, 3.8) is 0 Å². The van der Waals surface area contributed by atoms with Gasteiger partial charge in [0.25, 0.3) is 5.91 Å². The van der Waals surface area contributed by atoms with Gasteiger partial charge in [0, 0.05) is 28.7 Å². The van der Waals surface area contributed by atoms with E-state index in [2.05, 4.69) is 46.4 Å². The molecule has 0 aliphatic heterocycles. The number of anilines is 1. The summed E-state index contributed by atoms with van der Waals surface area (Å²) in [5.41, 5.74) is 6.70. The molecule has 0 saturated carbocycles. The lowest BCUT2D eigenvalue weighted by atomic mass is 10.1. The molecule has 1 amide bonds. The van der Waals surface area contributed by atoms with E-state index in [1.807, 2.05) is 36.4 Å². The number of ether oxygens (including phenoxy) is 1. The number of para-hydroxylation sites is 3. The van der Waals surface area contributed by atoms with Gasteiger partial charge in [-0.05, 0) is 39.0 Å². The molecule has 0 radical (unpaired) electrons. The Balaban J connectivity index is 1.72. The van der Waals surface area contributed by atoms with Gasteiger partial charge in [-0.15, -0.1) is 0 Å². The Morgan fingerprint density at radius 3 is 2.68 bits per heavy atom. The molecule has 2 aromatic carbocycles. The minimum atomic E-state index is -0.466. The summed E-state index contributed by atoms with van der Waals surface area (Å²) < 4.78 is 7.55. The standard InChI is InChI=1S/C22H26N4O2/c1-5-26-16(3)18(17-10-6-8-12-20(17)26)14-23-25-22(27)15(2)24-19-11-7-9-13-21(19)28-4/h6-15,24H,5H2,1-4H3,(H,25,27)/b23-14+/t15-/m0/s1. The number of hydrogen-bond acceptors (Lipinski definition) is 4. The van der Waals surface area contributed by atoms with Gasteiger partial charge in [-0.3, -0.25) is 4.79 Å². The van der Waals surface area contributed by atoms with E-state index in [-0.39, 0.29) is 5.91 Å². The van der Waals surface area contributed by atoms with Crippen molar-refractivity contribution < 1.29 is 9.53 Å². The lowest BCUT2D eigenvalue weighted by Gasteiger charge is -2.15. The summed E-state index contributed by atoms with van der Waals surface area (Å²) in [5.74, 6) is 0.465. The van der Waals surface area contributed by atoms with Crippen LogP contribution >= 0.6 is 0 Å².